The first-order valence-corrected chi connectivity index (χ1v) is 7.92. The molecule has 23 heavy (non-hydrogen) atoms. The molecule has 1 aliphatic carbocycles. The van der Waals surface area contributed by atoms with Crippen LogP contribution in [0, 0.1) is 5.92 Å². The molecular weight excluding hydrogens is 307 g/mol. The summed E-state index contributed by atoms with van der Waals surface area (Å²) in [5, 5.41) is 0. The van der Waals surface area contributed by atoms with Crippen molar-refractivity contribution in [3.8, 4) is 5.75 Å². The zero-order chi connectivity index (χ0) is 16.9. The Morgan fingerprint density at radius 1 is 1.17 bits per heavy atom. The minimum absolute atomic E-state index is 0.0903. The molecule has 0 aliphatic heterocycles. The molecule has 0 N–H and O–H groups in total. The van der Waals surface area contributed by atoms with Crippen LogP contribution in [0.5, 0.6) is 5.75 Å². The molecule has 1 saturated carbocycles. The fraction of sp³-hybridized carbons (Fsp3) is 0.588. The average molecular weight is 329 g/mol. The molecule has 2 rings (SSSR count). The monoisotopic (exact) mass is 329 g/mol. The Hall–Kier alpha value is -1.72. The molecule has 128 valence electrons. The normalized spacial score (nSPS) is 16.2. The SMILES string of the molecule is CN(Cc1ccc(OC(F)(F)F)cc1)C(=O)CC1CCCCC1. The van der Waals surface area contributed by atoms with Crippen LogP contribution < -0.4 is 4.74 Å². The molecule has 1 aromatic carbocycles. The van der Waals surface area contributed by atoms with E-state index < -0.39 is 6.36 Å². The smallest absolute Gasteiger partial charge is 0.406 e. The van der Waals surface area contributed by atoms with E-state index in [-0.39, 0.29) is 11.7 Å². The Bertz CT molecular complexity index is 508. The first kappa shape index (κ1) is 17.6. The predicted molar refractivity (Wildman–Crippen MR) is 80.8 cm³/mol. The molecule has 0 aromatic heterocycles. The van der Waals surface area contributed by atoms with Gasteiger partial charge in [-0.15, -0.1) is 13.2 Å². The van der Waals surface area contributed by atoms with Crippen LogP contribution in [0.2, 0.25) is 0 Å². The molecule has 0 saturated heterocycles. The van der Waals surface area contributed by atoms with Gasteiger partial charge in [0, 0.05) is 20.0 Å². The van der Waals surface area contributed by atoms with E-state index in [1.54, 1.807) is 24.1 Å². The Morgan fingerprint density at radius 3 is 2.35 bits per heavy atom. The second-order valence-electron chi connectivity index (χ2n) is 6.15. The van der Waals surface area contributed by atoms with Crippen molar-refractivity contribution in [1.29, 1.82) is 0 Å². The van der Waals surface area contributed by atoms with Crippen molar-refractivity contribution in [1.82, 2.24) is 4.90 Å². The number of ether oxygens (including phenoxy) is 1. The standard InChI is InChI=1S/C17H22F3NO2/c1-21(16(22)11-13-5-3-2-4-6-13)12-14-7-9-15(10-8-14)23-17(18,19)20/h7-10,13H,2-6,11-12H2,1H3. The second kappa shape index (κ2) is 7.70. The third kappa shape index (κ3) is 6.12. The van der Waals surface area contributed by atoms with E-state index in [9.17, 15) is 18.0 Å². The summed E-state index contributed by atoms with van der Waals surface area (Å²) in [6, 6.07) is 5.63. The van der Waals surface area contributed by atoms with Crippen molar-refractivity contribution >= 4 is 5.91 Å². The highest BCUT2D eigenvalue weighted by atomic mass is 19.4. The van der Waals surface area contributed by atoms with Gasteiger partial charge >= 0.3 is 6.36 Å². The van der Waals surface area contributed by atoms with Crippen molar-refractivity contribution in [3.05, 3.63) is 29.8 Å². The van der Waals surface area contributed by atoms with E-state index in [1.165, 1.54) is 31.4 Å². The number of hydrogen-bond donors (Lipinski definition) is 0. The van der Waals surface area contributed by atoms with Crippen LogP contribution in [0.3, 0.4) is 0 Å². The number of benzene rings is 1. The second-order valence-corrected chi connectivity index (χ2v) is 6.15. The van der Waals surface area contributed by atoms with Gasteiger partial charge in [-0.3, -0.25) is 4.79 Å². The van der Waals surface area contributed by atoms with Crippen molar-refractivity contribution < 1.29 is 22.7 Å². The van der Waals surface area contributed by atoms with E-state index in [1.807, 2.05) is 0 Å². The highest BCUT2D eigenvalue weighted by Gasteiger charge is 2.31. The Labute approximate surface area is 134 Å². The molecule has 1 aromatic rings. The molecule has 0 unspecified atom stereocenters. The summed E-state index contributed by atoms with van der Waals surface area (Å²) >= 11 is 0. The lowest BCUT2D eigenvalue weighted by atomic mass is 9.86. The average Bonchev–Trinajstić information content (AvgIpc) is 2.48. The Kier molecular flexibility index (Phi) is 5.91. The van der Waals surface area contributed by atoms with Gasteiger partial charge < -0.3 is 9.64 Å². The van der Waals surface area contributed by atoms with E-state index in [2.05, 4.69) is 4.74 Å². The van der Waals surface area contributed by atoms with Crippen molar-refractivity contribution in [2.45, 2.75) is 51.4 Å². The van der Waals surface area contributed by atoms with Crippen LogP contribution in [0.4, 0.5) is 13.2 Å². The summed E-state index contributed by atoms with van der Waals surface area (Å²) in [5.74, 6) is 0.311. The van der Waals surface area contributed by atoms with Gasteiger partial charge in [-0.1, -0.05) is 31.4 Å². The minimum atomic E-state index is -4.69. The van der Waals surface area contributed by atoms with Crippen LogP contribution in [0.15, 0.2) is 24.3 Å². The van der Waals surface area contributed by atoms with Crippen molar-refractivity contribution in [3.63, 3.8) is 0 Å². The zero-order valence-electron chi connectivity index (χ0n) is 13.2. The molecule has 1 aliphatic rings. The molecular formula is C17H22F3NO2. The molecule has 6 heteroatoms. The quantitative estimate of drug-likeness (QED) is 0.795. The Balaban J connectivity index is 1.84. The highest BCUT2D eigenvalue weighted by molar-refractivity contribution is 5.76. The predicted octanol–water partition coefficient (Wildman–Crippen LogP) is 4.51. The first-order valence-electron chi connectivity index (χ1n) is 7.92. The van der Waals surface area contributed by atoms with E-state index in [0.29, 0.717) is 18.9 Å². The molecule has 0 radical (unpaired) electrons. The maximum Gasteiger partial charge on any atom is 0.573 e. The fourth-order valence-corrected chi connectivity index (χ4v) is 2.95. The number of alkyl halides is 3. The van der Waals surface area contributed by atoms with Gasteiger partial charge in [0.25, 0.3) is 0 Å². The molecule has 1 amide bonds. The first-order chi connectivity index (χ1) is 10.8. The lowest BCUT2D eigenvalue weighted by molar-refractivity contribution is -0.274. The Morgan fingerprint density at radius 2 is 1.78 bits per heavy atom. The highest BCUT2D eigenvalue weighted by Crippen LogP contribution is 2.27. The minimum Gasteiger partial charge on any atom is -0.406 e. The van der Waals surface area contributed by atoms with Gasteiger partial charge in [-0.2, -0.15) is 0 Å². The number of carbonyl (C=O) groups is 1. The summed E-state index contributed by atoms with van der Waals surface area (Å²) in [6.07, 6.45) is 1.75. The molecule has 0 heterocycles. The number of halogens is 3. The van der Waals surface area contributed by atoms with E-state index >= 15 is 0 Å². The number of hydrogen-bond acceptors (Lipinski definition) is 2. The van der Waals surface area contributed by atoms with Crippen LogP contribution in [0.1, 0.15) is 44.1 Å². The van der Waals surface area contributed by atoms with Crippen LogP contribution >= 0.6 is 0 Å². The summed E-state index contributed by atoms with van der Waals surface area (Å²) < 4.78 is 40.1. The van der Waals surface area contributed by atoms with Crippen molar-refractivity contribution in [2.75, 3.05) is 7.05 Å². The number of rotatable bonds is 5. The lowest BCUT2D eigenvalue weighted by Gasteiger charge is -2.24. The maximum atomic E-state index is 12.2. The summed E-state index contributed by atoms with van der Waals surface area (Å²) in [5.41, 5.74) is 0.777. The maximum absolute atomic E-state index is 12.2. The topological polar surface area (TPSA) is 29.5 Å². The van der Waals surface area contributed by atoms with Gasteiger partial charge in [-0.05, 0) is 36.5 Å². The molecule has 0 bridgehead atoms. The summed E-state index contributed by atoms with van der Waals surface area (Å²) in [4.78, 5) is 13.9. The number of amides is 1. The van der Waals surface area contributed by atoms with Crippen molar-refractivity contribution in [2.24, 2.45) is 5.92 Å². The third-order valence-electron chi connectivity index (χ3n) is 4.19. The molecule has 0 spiro atoms. The van der Waals surface area contributed by atoms with Gasteiger partial charge in [0.1, 0.15) is 5.75 Å². The molecule has 3 nitrogen and oxygen atoms in total. The molecule has 1 fully saturated rings. The van der Waals surface area contributed by atoms with Crippen LogP contribution in [-0.2, 0) is 11.3 Å². The van der Waals surface area contributed by atoms with E-state index in [4.69, 9.17) is 0 Å². The van der Waals surface area contributed by atoms with E-state index in [0.717, 1.165) is 18.4 Å². The summed E-state index contributed by atoms with van der Waals surface area (Å²) in [7, 11) is 1.73. The van der Waals surface area contributed by atoms with Crippen LogP contribution in [0.25, 0.3) is 0 Å². The number of nitrogens with zero attached hydrogens (tertiary/aromatic N) is 1. The number of carbonyl (C=O) groups excluding carboxylic acids is 1. The van der Waals surface area contributed by atoms with Gasteiger partial charge in [0.05, 0.1) is 0 Å². The third-order valence-corrected chi connectivity index (χ3v) is 4.19. The van der Waals surface area contributed by atoms with Gasteiger partial charge in [0.2, 0.25) is 5.91 Å². The van der Waals surface area contributed by atoms with Crippen LogP contribution in [-0.4, -0.2) is 24.2 Å². The van der Waals surface area contributed by atoms with Gasteiger partial charge in [0.15, 0.2) is 0 Å². The largest absolute Gasteiger partial charge is 0.573 e. The van der Waals surface area contributed by atoms with Gasteiger partial charge in [-0.25, -0.2) is 0 Å². The zero-order valence-corrected chi connectivity index (χ0v) is 13.2. The fourth-order valence-electron chi connectivity index (χ4n) is 2.95. The molecule has 0 atom stereocenters. The lowest BCUT2D eigenvalue weighted by Crippen LogP contribution is -2.28. The summed E-state index contributed by atoms with van der Waals surface area (Å²) in [6.45, 7) is 0.387.